The number of rotatable bonds is 1. The molecule has 60 valence electrons. The zero-order valence-corrected chi connectivity index (χ0v) is 6.74. The molecule has 1 aliphatic carbocycles. The molecular weight excluding hydrogens is 140 g/mol. The predicted molar refractivity (Wildman–Crippen MR) is 43.1 cm³/mol. The van der Waals surface area contributed by atoms with Gasteiger partial charge in [0.2, 0.25) is 0 Å². The lowest BCUT2D eigenvalue weighted by Gasteiger charge is -2.27. The van der Waals surface area contributed by atoms with Crippen molar-refractivity contribution in [3.63, 3.8) is 0 Å². The largest absolute Gasteiger partial charge is 0.377 e. The summed E-state index contributed by atoms with van der Waals surface area (Å²) in [6.45, 7) is 3.64. The van der Waals surface area contributed by atoms with E-state index >= 15 is 0 Å². The van der Waals surface area contributed by atoms with Crippen LogP contribution >= 0.6 is 0 Å². The van der Waals surface area contributed by atoms with Gasteiger partial charge in [0.25, 0.3) is 0 Å². The third-order valence-corrected chi connectivity index (χ3v) is 1.98. The SMILES string of the molecule is CC(C)C1(O)C=CC=CC1=O. The fraction of sp³-hybridized carbons (Fsp3) is 0.444. The summed E-state index contributed by atoms with van der Waals surface area (Å²) in [4.78, 5) is 11.2. The fourth-order valence-corrected chi connectivity index (χ4v) is 1.04. The van der Waals surface area contributed by atoms with Crippen molar-refractivity contribution in [3.05, 3.63) is 24.3 Å². The first-order chi connectivity index (χ1) is 5.07. The van der Waals surface area contributed by atoms with Crippen LogP contribution in [0.25, 0.3) is 0 Å². The number of hydrogen-bond acceptors (Lipinski definition) is 2. The number of ketones is 1. The Morgan fingerprint density at radius 1 is 1.45 bits per heavy atom. The number of aliphatic hydroxyl groups is 1. The Labute approximate surface area is 66.2 Å². The molecule has 0 spiro atoms. The highest BCUT2D eigenvalue weighted by Crippen LogP contribution is 2.22. The van der Waals surface area contributed by atoms with E-state index in [-0.39, 0.29) is 11.7 Å². The van der Waals surface area contributed by atoms with Crippen LogP contribution in [0, 0.1) is 5.92 Å². The van der Waals surface area contributed by atoms with Gasteiger partial charge in [-0.05, 0) is 18.1 Å². The van der Waals surface area contributed by atoms with Crippen LogP contribution in [0.1, 0.15) is 13.8 Å². The Balaban J connectivity index is 2.95. The van der Waals surface area contributed by atoms with Crippen LogP contribution in [0.15, 0.2) is 24.3 Å². The van der Waals surface area contributed by atoms with E-state index in [4.69, 9.17) is 0 Å². The Kier molecular flexibility index (Phi) is 1.96. The first-order valence-electron chi connectivity index (χ1n) is 3.70. The summed E-state index contributed by atoms with van der Waals surface area (Å²) < 4.78 is 0. The second kappa shape index (κ2) is 2.62. The topological polar surface area (TPSA) is 37.3 Å². The van der Waals surface area contributed by atoms with Crippen molar-refractivity contribution in [1.82, 2.24) is 0 Å². The van der Waals surface area contributed by atoms with Crippen LogP contribution < -0.4 is 0 Å². The van der Waals surface area contributed by atoms with Crippen molar-refractivity contribution < 1.29 is 9.90 Å². The summed E-state index contributed by atoms with van der Waals surface area (Å²) in [5.41, 5.74) is -1.27. The van der Waals surface area contributed by atoms with Gasteiger partial charge in [-0.3, -0.25) is 4.79 Å². The second-order valence-corrected chi connectivity index (χ2v) is 3.06. The van der Waals surface area contributed by atoms with Crippen molar-refractivity contribution in [1.29, 1.82) is 0 Å². The van der Waals surface area contributed by atoms with Gasteiger partial charge in [-0.15, -0.1) is 0 Å². The molecule has 0 saturated heterocycles. The van der Waals surface area contributed by atoms with Crippen LogP contribution in [-0.4, -0.2) is 16.5 Å². The zero-order chi connectivity index (χ0) is 8.48. The van der Waals surface area contributed by atoms with E-state index in [1.54, 1.807) is 18.2 Å². The molecule has 0 heterocycles. The molecule has 1 rings (SSSR count). The van der Waals surface area contributed by atoms with Crippen LogP contribution in [-0.2, 0) is 4.79 Å². The second-order valence-electron chi connectivity index (χ2n) is 3.06. The molecule has 2 nitrogen and oxygen atoms in total. The number of carbonyl (C=O) groups excluding carboxylic acids is 1. The van der Waals surface area contributed by atoms with Crippen molar-refractivity contribution in [3.8, 4) is 0 Å². The van der Waals surface area contributed by atoms with Crippen molar-refractivity contribution >= 4 is 5.78 Å². The molecule has 0 bridgehead atoms. The highest BCUT2D eigenvalue weighted by Gasteiger charge is 2.35. The maximum atomic E-state index is 11.2. The molecule has 0 aromatic carbocycles. The third kappa shape index (κ3) is 1.26. The predicted octanol–water partition coefficient (Wildman–Crippen LogP) is 1.07. The summed E-state index contributed by atoms with van der Waals surface area (Å²) in [6.07, 6.45) is 6.28. The number of carbonyl (C=O) groups is 1. The lowest BCUT2D eigenvalue weighted by Crippen LogP contribution is -2.41. The molecule has 1 N–H and O–H groups in total. The standard InChI is InChI=1S/C9H12O2/c1-7(2)9(11)6-4-3-5-8(9)10/h3-7,11H,1-2H3. The molecule has 0 radical (unpaired) electrons. The van der Waals surface area contributed by atoms with Crippen molar-refractivity contribution in [2.24, 2.45) is 5.92 Å². The van der Waals surface area contributed by atoms with E-state index in [0.29, 0.717) is 0 Å². The lowest BCUT2D eigenvalue weighted by molar-refractivity contribution is -0.131. The van der Waals surface area contributed by atoms with E-state index in [1.165, 1.54) is 6.08 Å². The number of hydrogen-bond donors (Lipinski definition) is 1. The van der Waals surface area contributed by atoms with Crippen LogP contribution in [0.5, 0.6) is 0 Å². The highest BCUT2D eigenvalue weighted by molar-refractivity contribution is 6.00. The fourth-order valence-electron chi connectivity index (χ4n) is 1.04. The van der Waals surface area contributed by atoms with Gasteiger partial charge in [-0.2, -0.15) is 0 Å². The van der Waals surface area contributed by atoms with Gasteiger partial charge in [0, 0.05) is 0 Å². The Bertz CT molecular complexity index is 226. The van der Waals surface area contributed by atoms with E-state index in [1.807, 2.05) is 13.8 Å². The first kappa shape index (κ1) is 8.21. The van der Waals surface area contributed by atoms with Gasteiger partial charge in [-0.1, -0.05) is 26.0 Å². The maximum Gasteiger partial charge on any atom is 0.191 e. The normalized spacial score (nSPS) is 30.0. The molecule has 1 atom stereocenters. The molecule has 0 fully saturated rings. The van der Waals surface area contributed by atoms with Crippen LogP contribution in [0.2, 0.25) is 0 Å². The molecule has 1 unspecified atom stereocenters. The van der Waals surface area contributed by atoms with Crippen LogP contribution in [0.3, 0.4) is 0 Å². The van der Waals surface area contributed by atoms with Crippen molar-refractivity contribution in [2.75, 3.05) is 0 Å². The minimum atomic E-state index is -1.27. The lowest BCUT2D eigenvalue weighted by atomic mass is 9.83. The molecule has 0 amide bonds. The van der Waals surface area contributed by atoms with E-state index in [9.17, 15) is 9.90 Å². The minimum Gasteiger partial charge on any atom is -0.377 e. The van der Waals surface area contributed by atoms with Gasteiger partial charge < -0.3 is 5.11 Å². The first-order valence-corrected chi connectivity index (χ1v) is 3.70. The molecule has 0 aromatic heterocycles. The molecule has 11 heavy (non-hydrogen) atoms. The van der Waals surface area contributed by atoms with Gasteiger partial charge in [0.05, 0.1) is 0 Å². The maximum absolute atomic E-state index is 11.2. The average Bonchev–Trinajstić information content (AvgIpc) is 1.95. The summed E-state index contributed by atoms with van der Waals surface area (Å²) in [6, 6.07) is 0. The quantitative estimate of drug-likeness (QED) is 0.610. The van der Waals surface area contributed by atoms with Crippen molar-refractivity contribution in [2.45, 2.75) is 19.4 Å². The molecular formula is C9H12O2. The van der Waals surface area contributed by atoms with E-state index < -0.39 is 5.60 Å². The minimum absolute atomic E-state index is 0.0730. The molecule has 0 saturated carbocycles. The van der Waals surface area contributed by atoms with Gasteiger partial charge in [-0.25, -0.2) is 0 Å². The monoisotopic (exact) mass is 152 g/mol. The zero-order valence-electron chi connectivity index (χ0n) is 6.74. The smallest absolute Gasteiger partial charge is 0.191 e. The molecule has 0 aromatic rings. The van der Waals surface area contributed by atoms with Crippen LogP contribution in [0.4, 0.5) is 0 Å². The third-order valence-electron chi connectivity index (χ3n) is 1.98. The summed E-state index contributed by atoms with van der Waals surface area (Å²) in [7, 11) is 0. The Morgan fingerprint density at radius 3 is 2.45 bits per heavy atom. The summed E-state index contributed by atoms with van der Waals surface area (Å²) >= 11 is 0. The summed E-state index contributed by atoms with van der Waals surface area (Å²) in [5, 5.41) is 9.73. The average molecular weight is 152 g/mol. The van der Waals surface area contributed by atoms with Gasteiger partial charge >= 0.3 is 0 Å². The molecule has 0 aliphatic heterocycles. The Morgan fingerprint density at radius 2 is 2.09 bits per heavy atom. The molecule has 2 heteroatoms. The van der Waals surface area contributed by atoms with E-state index in [2.05, 4.69) is 0 Å². The van der Waals surface area contributed by atoms with E-state index in [0.717, 1.165) is 0 Å². The molecule has 1 aliphatic rings. The highest BCUT2D eigenvalue weighted by atomic mass is 16.3. The number of allylic oxidation sites excluding steroid dienone is 2. The van der Waals surface area contributed by atoms with Gasteiger partial charge in [0.1, 0.15) is 5.60 Å². The summed E-state index contributed by atoms with van der Waals surface area (Å²) in [5.74, 6) is -0.300. The van der Waals surface area contributed by atoms with Gasteiger partial charge in [0.15, 0.2) is 5.78 Å². The Hall–Kier alpha value is -0.890.